The van der Waals surface area contributed by atoms with Gasteiger partial charge in [0.05, 0.1) is 5.92 Å². The molecule has 0 amide bonds. The highest BCUT2D eigenvalue weighted by molar-refractivity contribution is 5.57. The summed E-state index contributed by atoms with van der Waals surface area (Å²) in [4.78, 5) is 11.6. The molecule has 4 heteroatoms. The van der Waals surface area contributed by atoms with E-state index in [0.717, 1.165) is 23.2 Å². The van der Waals surface area contributed by atoms with Crippen LogP contribution in [0.3, 0.4) is 0 Å². The van der Waals surface area contributed by atoms with Gasteiger partial charge < -0.3 is 5.32 Å². The van der Waals surface area contributed by atoms with Crippen molar-refractivity contribution in [3.8, 4) is 0 Å². The molecule has 0 aromatic heterocycles. The van der Waals surface area contributed by atoms with Crippen LogP contribution in [0.1, 0.15) is 36.4 Å². The smallest absolute Gasteiger partial charge is 0.243 e. The van der Waals surface area contributed by atoms with Crippen molar-refractivity contribution >= 4 is 5.69 Å². The molecule has 0 bridgehead atoms. The number of para-hydroxylation sites is 1. The van der Waals surface area contributed by atoms with Crippen LogP contribution in [0.4, 0.5) is 5.69 Å². The van der Waals surface area contributed by atoms with Gasteiger partial charge in [0, 0.05) is 10.6 Å². The van der Waals surface area contributed by atoms with Crippen molar-refractivity contribution in [3.05, 3.63) is 75.8 Å². The lowest BCUT2D eigenvalue weighted by atomic mass is 9.79. The molecule has 1 aliphatic rings. The Hall–Kier alpha value is -2.36. The number of hydrogen-bond acceptors (Lipinski definition) is 3. The van der Waals surface area contributed by atoms with Gasteiger partial charge in [-0.2, -0.15) is 0 Å². The Labute approximate surface area is 124 Å². The van der Waals surface area contributed by atoms with Crippen LogP contribution in [0.5, 0.6) is 0 Å². The summed E-state index contributed by atoms with van der Waals surface area (Å²) in [7, 11) is 0. The monoisotopic (exact) mass is 282 g/mol. The molecule has 0 unspecified atom stereocenters. The van der Waals surface area contributed by atoms with E-state index in [0.29, 0.717) is 0 Å². The molecular weight excluding hydrogens is 264 g/mol. The van der Waals surface area contributed by atoms with Gasteiger partial charge in [-0.1, -0.05) is 55.5 Å². The van der Waals surface area contributed by atoms with Gasteiger partial charge in [-0.15, -0.1) is 0 Å². The topological polar surface area (TPSA) is 55.2 Å². The molecule has 3 rings (SSSR count). The van der Waals surface area contributed by atoms with E-state index in [4.69, 9.17) is 0 Å². The normalized spacial score (nSPS) is 24.0. The molecule has 2 aromatic carbocycles. The zero-order valence-corrected chi connectivity index (χ0v) is 11.9. The van der Waals surface area contributed by atoms with E-state index in [1.807, 2.05) is 61.5 Å². The van der Waals surface area contributed by atoms with E-state index in [1.54, 1.807) is 0 Å². The zero-order valence-electron chi connectivity index (χ0n) is 11.9. The van der Waals surface area contributed by atoms with Gasteiger partial charge in [-0.25, -0.2) is 0 Å². The number of nitrogens with one attached hydrogen (secondary N) is 1. The lowest BCUT2D eigenvalue weighted by Crippen LogP contribution is -2.41. The van der Waals surface area contributed by atoms with Crippen molar-refractivity contribution in [2.45, 2.75) is 31.3 Å². The van der Waals surface area contributed by atoms with Crippen LogP contribution in [-0.4, -0.2) is 11.0 Å². The number of nitro groups is 1. The summed E-state index contributed by atoms with van der Waals surface area (Å²) in [6.45, 7) is 2.02. The van der Waals surface area contributed by atoms with E-state index in [9.17, 15) is 10.1 Å². The Morgan fingerprint density at radius 3 is 2.43 bits per heavy atom. The maximum absolute atomic E-state index is 11.7. The molecule has 108 valence electrons. The maximum Gasteiger partial charge on any atom is 0.243 e. The molecule has 0 aliphatic carbocycles. The number of rotatable bonds is 3. The minimum absolute atomic E-state index is 0.0670. The van der Waals surface area contributed by atoms with E-state index in [-0.39, 0.29) is 16.9 Å². The molecule has 3 atom stereocenters. The lowest BCUT2D eigenvalue weighted by molar-refractivity contribution is -0.530. The van der Waals surface area contributed by atoms with Gasteiger partial charge in [0.2, 0.25) is 6.04 Å². The molecule has 1 N–H and O–H groups in total. The fourth-order valence-corrected chi connectivity index (χ4v) is 3.29. The molecule has 2 aromatic rings. The van der Waals surface area contributed by atoms with Gasteiger partial charge in [0.15, 0.2) is 0 Å². The standard InChI is InChI=1S/C17H18N2O2/c1-2-13-14-10-6-7-11-15(14)18-16(17(13)19(20)21)12-8-4-3-5-9-12/h3-11,13,16-18H,2H2,1H3/t13-,16-,17-/m1/s1. The SMILES string of the molecule is CC[C@@H]1c2ccccc2N[C@H](c2ccccc2)[C@@H]1[N+](=O)[O-]. The van der Waals surface area contributed by atoms with Gasteiger partial charge in [0.25, 0.3) is 0 Å². The first-order valence-electron chi connectivity index (χ1n) is 7.26. The predicted octanol–water partition coefficient (Wildman–Crippen LogP) is 3.99. The number of fused-ring (bicyclic) bond motifs is 1. The Balaban J connectivity index is 2.10. The second-order valence-corrected chi connectivity index (χ2v) is 5.41. The molecule has 0 saturated carbocycles. The Morgan fingerprint density at radius 1 is 1.10 bits per heavy atom. The highest BCUT2D eigenvalue weighted by Gasteiger charge is 2.44. The molecular formula is C17H18N2O2. The van der Waals surface area contributed by atoms with Crippen LogP contribution in [0.25, 0.3) is 0 Å². The van der Waals surface area contributed by atoms with Gasteiger partial charge in [-0.05, 0) is 23.6 Å². The van der Waals surface area contributed by atoms with Crippen LogP contribution in [-0.2, 0) is 0 Å². The second-order valence-electron chi connectivity index (χ2n) is 5.41. The Bertz CT molecular complexity index is 642. The summed E-state index contributed by atoms with van der Waals surface area (Å²) >= 11 is 0. The quantitative estimate of drug-likeness (QED) is 0.684. The van der Waals surface area contributed by atoms with Crippen LogP contribution in [0.15, 0.2) is 54.6 Å². The van der Waals surface area contributed by atoms with E-state index < -0.39 is 6.04 Å². The third kappa shape index (κ3) is 2.37. The molecule has 1 heterocycles. The van der Waals surface area contributed by atoms with Crippen molar-refractivity contribution < 1.29 is 4.92 Å². The molecule has 0 radical (unpaired) electrons. The first-order valence-corrected chi connectivity index (χ1v) is 7.26. The summed E-state index contributed by atoms with van der Waals surface area (Å²) in [5.74, 6) is -0.0670. The minimum atomic E-state index is -0.646. The van der Waals surface area contributed by atoms with E-state index >= 15 is 0 Å². The molecule has 0 fully saturated rings. The van der Waals surface area contributed by atoms with Gasteiger partial charge in [0.1, 0.15) is 6.04 Å². The van der Waals surface area contributed by atoms with Crippen LogP contribution < -0.4 is 5.32 Å². The summed E-state index contributed by atoms with van der Waals surface area (Å²) in [5, 5.41) is 15.1. The fourth-order valence-electron chi connectivity index (χ4n) is 3.29. The van der Waals surface area contributed by atoms with Crippen LogP contribution in [0.2, 0.25) is 0 Å². The first kappa shape index (κ1) is 13.6. The zero-order chi connectivity index (χ0) is 14.8. The molecule has 1 aliphatic heterocycles. The summed E-state index contributed by atoms with van der Waals surface area (Å²) in [6, 6.07) is 16.7. The first-order chi connectivity index (χ1) is 10.2. The van der Waals surface area contributed by atoms with Crippen molar-refractivity contribution in [2.75, 3.05) is 5.32 Å². The van der Waals surface area contributed by atoms with Crippen molar-refractivity contribution in [2.24, 2.45) is 0 Å². The maximum atomic E-state index is 11.7. The average Bonchev–Trinajstić information content (AvgIpc) is 2.53. The molecule has 4 nitrogen and oxygen atoms in total. The second kappa shape index (κ2) is 5.56. The summed E-state index contributed by atoms with van der Waals surface area (Å²) in [5.41, 5.74) is 3.03. The molecule has 21 heavy (non-hydrogen) atoms. The number of anilines is 1. The molecule has 0 saturated heterocycles. The molecule has 0 spiro atoms. The van der Waals surface area contributed by atoms with Crippen LogP contribution >= 0.6 is 0 Å². The van der Waals surface area contributed by atoms with Gasteiger partial charge in [-0.3, -0.25) is 10.1 Å². The number of nitrogens with zero attached hydrogens (tertiary/aromatic N) is 1. The van der Waals surface area contributed by atoms with Crippen molar-refractivity contribution in [1.82, 2.24) is 0 Å². The highest BCUT2D eigenvalue weighted by atomic mass is 16.6. The average molecular weight is 282 g/mol. The van der Waals surface area contributed by atoms with Crippen molar-refractivity contribution in [1.29, 1.82) is 0 Å². The lowest BCUT2D eigenvalue weighted by Gasteiger charge is -2.35. The summed E-state index contributed by atoms with van der Waals surface area (Å²) < 4.78 is 0. The number of benzene rings is 2. The predicted molar refractivity (Wildman–Crippen MR) is 83.1 cm³/mol. The van der Waals surface area contributed by atoms with Crippen molar-refractivity contribution in [3.63, 3.8) is 0 Å². The summed E-state index contributed by atoms with van der Waals surface area (Å²) in [6.07, 6.45) is 0.758. The minimum Gasteiger partial charge on any atom is -0.372 e. The third-order valence-electron chi connectivity index (χ3n) is 4.27. The van der Waals surface area contributed by atoms with Crippen LogP contribution in [0, 0.1) is 10.1 Å². The largest absolute Gasteiger partial charge is 0.372 e. The van der Waals surface area contributed by atoms with Gasteiger partial charge >= 0.3 is 0 Å². The Kier molecular flexibility index (Phi) is 3.60. The Morgan fingerprint density at radius 2 is 1.76 bits per heavy atom. The van der Waals surface area contributed by atoms with E-state index in [1.165, 1.54) is 0 Å². The third-order valence-corrected chi connectivity index (χ3v) is 4.27. The fraction of sp³-hybridized carbons (Fsp3) is 0.294. The van der Waals surface area contributed by atoms with E-state index in [2.05, 4.69) is 5.32 Å². The highest BCUT2D eigenvalue weighted by Crippen LogP contribution is 2.43. The number of hydrogen-bond donors (Lipinski definition) is 1.